The van der Waals surface area contributed by atoms with Gasteiger partial charge in [-0.1, -0.05) is 19.9 Å². The standard InChI is InChI=1S/C14H21N3O.ClH/c1-14(2)10-17(7-5-12(14)15)13(18)8-11-4-3-6-16-9-11;/h3-4,6,9,12H,5,7-8,10,15H2,1-2H3;1H. The van der Waals surface area contributed by atoms with E-state index in [1.165, 1.54) is 0 Å². The molecule has 1 unspecified atom stereocenters. The number of halogens is 1. The number of hydrogen-bond acceptors (Lipinski definition) is 3. The minimum absolute atomic E-state index is 0. The molecule has 0 spiro atoms. The molecule has 5 heteroatoms. The number of carbonyl (C=O) groups is 1. The van der Waals surface area contributed by atoms with E-state index in [-0.39, 0.29) is 29.8 Å². The highest BCUT2D eigenvalue weighted by Crippen LogP contribution is 2.27. The quantitative estimate of drug-likeness (QED) is 0.897. The van der Waals surface area contributed by atoms with Gasteiger partial charge in [-0.2, -0.15) is 0 Å². The molecule has 2 heterocycles. The molecule has 0 aromatic carbocycles. The number of amides is 1. The Labute approximate surface area is 120 Å². The first-order valence-corrected chi connectivity index (χ1v) is 6.41. The van der Waals surface area contributed by atoms with E-state index in [4.69, 9.17) is 5.73 Å². The second-order valence-electron chi connectivity index (χ2n) is 5.74. The van der Waals surface area contributed by atoms with E-state index in [9.17, 15) is 4.79 Å². The average molecular weight is 284 g/mol. The molecule has 2 N–H and O–H groups in total. The largest absolute Gasteiger partial charge is 0.342 e. The van der Waals surface area contributed by atoms with Crippen LogP contribution in [0, 0.1) is 5.41 Å². The Morgan fingerprint density at radius 2 is 2.32 bits per heavy atom. The maximum Gasteiger partial charge on any atom is 0.227 e. The fourth-order valence-corrected chi connectivity index (χ4v) is 2.38. The van der Waals surface area contributed by atoms with E-state index in [1.807, 2.05) is 17.0 Å². The molecule has 1 aliphatic heterocycles. The van der Waals surface area contributed by atoms with Crippen LogP contribution in [0.1, 0.15) is 25.8 Å². The van der Waals surface area contributed by atoms with Crippen LogP contribution in [0.25, 0.3) is 0 Å². The summed E-state index contributed by atoms with van der Waals surface area (Å²) in [6, 6.07) is 3.98. The van der Waals surface area contributed by atoms with Gasteiger partial charge in [-0.15, -0.1) is 12.4 Å². The van der Waals surface area contributed by atoms with Crippen LogP contribution in [-0.2, 0) is 11.2 Å². The van der Waals surface area contributed by atoms with Gasteiger partial charge in [0.15, 0.2) is 0 Å². The van der Waals surface area contributed by atoms with Gasteiger partial charge >= 0.3 is 0 Å². The summed E-state index contributed by atoms with van der Waals surface area (Å²) in [6.45, 7) is 5.76. The minimum atomic E-state index is 0. The van der Waals surface area contributed by atoms with Crippen molar-refractivity contribution in [2.24, 2.45) is 11.1 Å². The molecule has 4 nitrogen and oxygen atoms in total. The molecule has 1 amide bonds. The van der Waals surface area contributed by atoms with Crippen molar-refractivity contribution in [3.63, 3.8) is 0 Å². The van der Waals surface area contributed by atoms with Crippen molar-refractivity contribution in [1.82, 2.24) is 9.88 Å². The predicted octanol–water partition coefficient (Wildman–Crippen LogP) is 1.63. The fraction of sp³-hybridized carbons (Fsp3) is 0.571. The molecular formula is C14H22ClN3O. The average Bonchev–Trinajstić information content (AvgIpc) is 2.34. The van der Waals surface area contributed by atoms with Gasteiger partial charge in [0.2, 0.25) is 5.91 Å². The van der Waals surface area contributed by atoms with Crippen LogP contribution in [0.5, 0.6) is 0 Å². The summed E-state index contributed by atoms with van der Waals surface area (Å²) >= 11 is 0. The third-order valence-electron chi connectivity index (χ3n) is 3.74. The number of rotatable bonds is 2. The first-order chi connectivity index (χ1) is 8.49. The zero-order chi connectivity index (χ0) is 13.2. The third kappa shape index (κ3) is 3.91. The molecule has 106 valence electrons. The number of hydrogen-bond donors (Lipinski definition) is 1. The molecule has 1 aliphatic rings. The van der Waals surface area contributed by atoms with Crippen molar-refractivity contribution in [3.05, 3.63) is 30.1 Å². The second-order valence-corrected chi connectivity index (χ2v) is 5.74. The molecule has 1 atom stereocenters. The summed E-state index contributed by atoms with van der Waals surface area (Å²) in [5, 5.41) is 0. The van der Waals surface area contributed by atoms with Gasteiger partial charge in [0, 0.05) is 31.5 Å². The Balaban J connectivity index is 0.00000180. The highest BCUT2D eigenvalue weighted by atomic mass is 35.5. The number of piperidine rings is 1. The predicted molar refractivity (Wildman–Crippen MR) is 78.1 cm³/mol. The Morgan fingerprint density at radius 3 is 2.89 bits per heavy atom. The second kappa shape index (κ2) is 6.35. The van der Waals surface area contributed by atoms with Gasteiger partial charge in [-0.05, 0) is 23.5 Å². The van der Waals surface area contributed by atoms with Crippen molar-refractivity contribution >= 4 is 18.3 Å². The summed E-state index contributed by atoms with van der Waals surface area (Å²) in [5.74, 6) is 0.169. The van der Waals surface area contributed by atoms with Crippen LogP contribution in [-0.4, -0.2) is 34.9 Å². The molecule has 1 aromatic heterocycles. The maximum absolute atomic E-state index is 12.2. The van der Waals surface area contributed by atoms with Crippen molar-refractivity contribution in [2.75, 3.05) is 13.1 Å². The Morgan fingerprint density at radius 1 is 1.58 bits per heavy atom. The Hall–Kier alpha value is -1.13. The lowest BCUT2D eigenvalue weighted by molar-refractivity contribution is -0.133. The molecule has 0 aliphatic carbocycles. The van der Waals surface area contributed by atoms with Crippen molar-refractivity contribution in [3.8, 4) is 0 Å². The van der Waals surface area contributed by atoms with E-state index in [0.717, 1.165) is 25.1 Å². The van der Waals surface area contributed by atoms with Crippen molar-refractivity contribution < 1.29 is 4.79 Å². The van der Waals surface area contributed by atoms with Crippen LogP contribution in [0.2, 0.25) is 0 Å². The number of nitrogens with two attached hydrogens (primary N) is 1. The van der Waals surface area contributed by atoms with Crippen LogP contribution < -0.4 is 5.73 Å². The van der Waals surface area contributed by atoms with E-state index in [0.29, 0.717) is 6.42 Å². The van der Waals surface area contributed by atoms with Gasteiger partial charge in [-0.25, -0.2) is 0 Å². The SMILES string of the molecule is CC1(C)CN(C(=O)Cc2cccnc2)CCC1N.Cl. The van der Waals surface area contributed by atoms with Gasteiger partial charge in [0.1, 0.15) is 0 Å². The zero-order valence-corrected chi connectivity index (χ0v) is 12.3. The smallest absolute Gasteiger partial charge is 0.227 e. The number of aromatic nitrogens is 1. The van der Waals surface area contributed by atoms with Crippen molar-refractivity contribution in [2.45, 2.75) is 32.7 Å². The molecule has 19 heavy (non-hydrogen) atoms. The van der Waals surface area contributed by atoms with Crippen molar-refractivity contribution in [1.29, 1.82) is 0 Å². The number of carbonyl (C=O) groups excluding carboxylic acids is 1. The normalized spacial score (nSPS) is 21.6. The van der Waals surface area contributed by atoms with Crippen LogP contribution in [0.4, 0.5) is 0 Å². The van der Waals surface area contributed by atoms with Gasteiger partial charge in [-0.3, -0.25) is 9.78 Å². The monoisotopic (exact) mass is 283 g/mol. The van der Waals surface area contributed by atoms with E-state index in [2.05, 4.69) is 18.8 Å². The fourth-order valence-electron chi connectivity index (χ4n) is 2.38. The summed E-state index contributed by atoms with van der Waals surface area (Å²) in [6.07, 6.45) is 4.78. The minimum Gasteiger partial charge on any atom is -0.342 e. The van der Waals surface area contributed by atoms with Crippen LogP contribution in [0.3, 0.4) is 0 Å². The lowest BCUT2D eigenvalue weighted by Crippen LogP contribution is -2.54. The van der Waals surface area contributed by atoms with Gasteiger partial charge in [0.05, 0.1) is 6.42 Å². The molecule has 1 fully saturated rings. The summed E-state index contributed by atoms with van der Waals surface area (Å²) in [7, 11) is 0. The number of nitrogens with zero attached hydrogens (tertiary/aromatic N) is 2. The molecule has 1 aromatic rings. The summed E-state index contributed by atoms with van der Waals surface area (Å²) < 4.78 is 0. The van der Waals surface area contributed by atoms with Gasteiger partial charge in [0.25, 0.3) is 0 Å². The first-order valence-electron chi connectivity index (χ1n) is 6.41. The molecule has 0 saturated carbocycles. The molecule has 1 saturated heterocycles. The Kier molecular flexibility index (Phi) is 5.32. The summed E-state index contributed by atoms with van der Waals surface area (Å²) in [4.78, 5) is 18.2. The topological polar surface area (TPSA) is 59.2 Å². The van der Waals surface area contributed by atoms with E-state index >= 15 is 0 Å². The zero-order valence-electron chi connectivity index (χ0n) is 11.5. The first kappa shape index (κ1) is 15.9. The lowest BCUT2D eigenvalue weighted by atomic mass is 9.79. The number of pyridine rings is 1. The highest BCUT2D eigenvalue weighted by molar-refractivity contribution is 5.85. The van der Waals surface area contributed by atoms with Crippen LogP contribution >= 0.6 is 12.4 Å². The maximum atomic E-state index is 12.2. The molecule has 2 rings (SSSR count). The number of likely N-dealkylation sites (tertiary alicyclic amines) is 1. The van der Waals surface area contributed by atoms with Gasteiger partial charge < -0.3 is 10.6 Å². The highest BCUT2D eigenvalue weighted by Gasteiger charge is 2.35. The Bertz CT molecular complexity index is 422. The lowest BCUT2D eigenvalue weighted by Gasteiger charge is -2.42. The van der Waals surface area contributed by atoms with E-state index in [1.54, 1.807) is 12.4 Å². The molecular weight excluding hydrogens is 262 g/mol. The summed E-state index contributed by atoms with van der Waals surface area (Å²) in [5.41, 5.74) is 7.05. The molecule has 0 radical (unpaired) electrons. The molecule has 0 bridgehead atoms. The van der Waals surface area contributed by atoms with E-state index < -0.39 is 0 Å². The van der Waals surface area contributed by atoms with Crippen LogP contribution in [0.15, 0.2) is 24.5 Å². The third-order valence-corrected chi connectivity index (χ3v) is 3.74.